The first-order valence-corrected chi connectivity index (χ1v) is 15.1. The van der Waals surface area contributed by atoms with Crippen LogP contribution in [0.3, 0.4) is 0 Å². The van der Waals surface area contributed by atoms with E-state index in [1.54, 1.807) is 4.90 Å². The van der Waals surface area contributed by atoms with E-state index in [1.165, 1.54) is 37.7 Å². The fourth-order valence-corrected chi connectivity index (χ4v) is 6.98. The van der Waals surface area contributed by atoms with Gasteiger partial charge in [0.2, 0.25) is 0 Å². The standard InChI is InChI=1S/C23H30N4O8S2/c1-16(2)14-35-20-6-5-17(37(32,33)15-36(4,30)31)11-18(20)22(28)27-9-7-26(8-10-27)21-13-24-19(12-25-21)23(29)34-3/h5-6,11-13,16H,7-10,14-15H2,1-4H3. The van der Waals surface area contributed by atoms with E-state index < -0.39 is 36.6 Å². The van der Waals surface area contributed by atoms with E-state index in [0.717, 1.165) is 6.26 Å². The molecule has 202 valence electrons. The molecule has 1 aliphatic heterocycles. The minimum absolute atomic E-state index is 0.0471. The fraction of sp³-hybridized carbons (Fsp3) is 0.478. The van der Waals surface area contributed by atoms with Gasteiger partial charge in [0.1, 0.15) is 11.6 Å². The molecule has 14 heteroatoms. The van der Waals surface area contributed by atoms with Gasteiger partial charge in [0.15, 0.2) is 30.5 Å². The Morgan fingerprint density at radius 2 is 1.70 bits per heavy atom. The van der Waals surface area contributed by atoms with Gasteiger partial charge < -0.3 is 19.3 Å². The van der Waals surface area contributed by atoms with Crippen LogP contribution in [0.1, 0.15) is 34.7 Å². The Morgan fingerprint density at radius 3 is 2.24 bits per heavy atom. The van der Waals surface area contributed by atoms with Crippen molar-refractivity contribution in [3.05, 3.63) is 41.9 Å². The van der Waals surface area contributed by atoms with Crippen LogP contribution < -0.4 is 9.64 Å². The molecule has 0 unspecified atom stereocenters. The van der Waals surface area contributed by atoms with Crippen LogP contribution in [-0.2, 0) is 24.4 Å². The summed E-state index contributed by atoms with van der Waals surface area (Å²) in [7, 11) is -6.74. The van der Waals surface area contributed by atoms with Gasteiger partial charge in [-0.05, 0) is 24.1 Å². The smallest absolute Gasteiger partial charge is 0.358 e. The highest BCUT2D eigenvalue weighted by Crippen LogP contribution is 2.27. The van der Waals surface area contributed by atoms with Crippen molar-refractivity contribution in [1.29, 1.82) is 0 Å². The normalized spacial score (nSPS) is 14.5. The number of hydrogen-bond donors (Lipinski definition) is 0. The Bertz CT molecular complexity index is 1350. The highest BCUT2D eigenvalue weighted by molar-refractivity contribution is 8.07. The third-order valence-corrected chi connectivity index (χ3v) is 9.33. The number of esters is 1. The van der Waals surface area contributed by atoms with E-state index in [1.807, 2.05) is 18.7 Å². The first-order valence-electron chi connectivity index (χ1n) is 11.4. The molecule has 1 aromatic carbocycles. The van der Waals surface area contributed by atoms with E-state index in [-0.39, 0.29) is 27.8 Å². The van der Waals surface area contributed by atoms with Gasteiger partial charge >= 0.3 is 5.97 Å². The highest BCUT2D eigenvalue weighted by atomic mass is 32.3. The van der Waals surface area contributed by atoms with E-state index in [9.17, 15) is 26.4 Å². The number of carbonyl (C=O) groups excluding carboxylic acids is 2. The molecule has 1 fully saturated rings. The molecule has 2 heterocycles. The largest absolute Gasteiger partial charge is 0.492 e. The number of hydrogen-bond acceptors (Lipinski definition) is 11. The summed E-state index contributed by atoms with van der Waals surface area (Å²) in [4.78, 5) is 36.5. The van der Waals surface area contributed by atoms with Crippen molar-refractivity contribution in [2.75, 3.05) is 56.1 Å². The second-order valence-corrected chi connectivity index (χ2v) is 13.5. The van der Waals surface area contributed by atoms with E-state index >= 15 is 0 Å². The van der Waals surface area contributed by atoms with Crippen molar-refractivity contribution in [2.24, 2.45) is 5.92 Å². The van der Waals surface area contributed by atoms with Gasteiger partial charge in [-0.15, -0.1) is 0 Å². The Hall–Kier alpha value is -3.26. The Kier molecular flexibility index (Phi) is 8.74. The van der Waals surface area contributed by atoms with Crippen molar-refractivity contribution >= 4 is 37.4 Å². The molecular weight excluding hydrogens is 524 g/mol. The summed E-state index contributed by atoms with van der Waals surface area (Å²) < 4.78 is 59.0. The quantitative estimate of drug-likeness (QED) is 0.409. The van der Waals surface area contributed by atoms with E-state index in [0.29, 0.717) is 38.6 Å². The first kappa shape index (κ1) is 28.3. The highest BCUT2D eigenvalue weighted by Gasteiger charge is 2.28. The molecule has 1 saturated heterocycles. The number of sulfone groups is 2. The summed E-state index contributed by atoms with van der Waals surface area (Å²) in [6.45, 7) is 5.65. The molecule has 2 aromatic rings. The number of piperazine rings is 1. The van der Waals surface area contributed by atoms with Crippen molar-refractivity contribution in [1.82, 2.24) is 14.9 Å². The number of amides is 1. The zero-order valence-electron chi connectivity index (χ0n) is 21.1. The summed E-state index contributed by atoms with van der Waals surface area (Å²) in [6.07, 6.45) is 3.61. The number of rotatable bonds is 9. The van der Waals surface area contributed by atoms with Gasteiger partial charge in [0, 0.05) is 32.4 Å². The molecule has 3 rings (SSSR count). The number of anilines is 1. The molecule has 0 aliphatic carbocycles. The van der Waals surface area contributed by atoms with Gasteiger partial charge in [0.05, 0.1) is 36.6 Å². The van der Waals surface area contributed by atoms with Gasteiger partial charge in [-0.2, -0.15) is 0 Å². The molecule has 37 heavy (non-hydrogen) atoms. The minimum atomic E-state index is -4.18. The van der Waals surface area contributed by atoms with Crippen molar-refractivity contribution in [2.45, 2.75) is 18.7 Å². The van der Waals surface area contributed by atoms with Crippen molar-refractivity contribution < 1.29 is 35.9 Å². The molecule has 0 spiro atoms. The predicted octanol–water partition coefficient (Wildman–Crippen LogP) is 1.04. The maximum Gasteiger partial charge on any atom is 0.358 e. The number of methoxy groups -OCH3 is 1. The molecule has 0 N–H and O–H groups in total. The van der Waals surface area contributed by atoms with Crippen molar-refractivity contribution in [3.63, 3.8) is 0 Å². The SMILES string of the molecule is COC(=O)c1cnc(N2CCN(C(=O)c3cc(S(=O)(=O)CS(C)(=O)=O)ccc3OCC(C)C)CC2)cn1. The summed E-state index contributed by atoms with van der Waals surface area (Å²) in [5.74, 6) is -0.0993. The topological polar surface area (TPSA) is 153 Å². The summed E-state index contributed by atoms with van der Waals surface area (Å²) in [5, 5.41) is -1.06. The Balaban J connectivity index is 1.81. The van der Waals surface area contributed by atoms with Crippen LogP contribution in [0.15, 0.2) is 35.5 Å². The lowest BCUT2D eigenvalue weighted by Crippen LogP contribution is -2.49. The van der Waals surface area contributed by atoms with Crippen LogP contribution in [-0.4, -0.2) is 94.8 Å². The van der Waals surface area contributed by atoms with Crippen LogP contribution in [0.5, 0.6) is 5.75 Å². The van der Waals surface area contributed by atoms with E-state index in [4.69, 9.17) is 4.74 Å². The summed E-state index contributed by atoms with van der Waals surface area (Å²) >= 11 is 0. The lowest BCUT2D eigenvalue weighted by Gasteiger charge is -2.35. The van der Waals surface area contributed by atoms with Crippen LogP contribution in [0.25, 0.3) is 0 Å². The molecular formula is C23H30N4O8S2. The number of benzene rings is 1. The number of ether oxygens (including phenoxy) is 2. The maximum atomic E-state index is 13.5. The summed E-state index contributed by atoms with van der Waals surface area (Å²) in [6, 6.07) is 3.82. The fourth-order valence-electron chi connectivity index (χ4n) is 3.61. The second kappa shape index (κ2) is 11.4. The van der Waals surface area contributed by atoms with Crippen LogP contribution in [0.4, 0.5) is 5.82 Å². The Labute approximate surface area is 216 Å². The van der Waals surface area contributed by atoms with Gasteiger partial charge in [-0.3, -0.25) is 4.79 Å². The maximum absolute atomic E-state index is 13.5. The number of aromatic nitrogens is 2. The van der Waals surface area contributed by atoms with Gasteiger partial charge in [-0.25, -0.2) is 31.6 Å². The average molecular weight is 555 g/mol. The molecule has 1 aromatic heterocycles. The monoisotopic (exact) mass is 554 g/mol. The zero-order chi connectivity index (χ0) is 27.4. The van der Waals surface area contributed by atoms with Crippen molar-refractivity contribution in [3.8, 4) is 5.75 Å². The lowest BCUT2D eigenvalue weighted by atomic mass is 10.1. The zero-order valence-corrected chi connectivity index (χ0v) is 22.7. The molecule has 0 saturated carbocycles. The van der Waals surface area contributed by atoms with E-state index in [2.05, 4.69) is 14.7 Å². The number of carbonyl (C=O) groups is 2. The van der Waals surface area contributed by atoms with Crippen LogP contribution in [0.2, 0.25) is 0 Å². The number of nitrogens with zero attached hydrogens (tertiary/aromatic N) is 4. The predicted molar refractivity (Wildman–Crippen MR) is 135 cm³/mol. The molecule has 1 amide bonds. The third kappa shape index (κ3) is 7.38. The molecule has 0 atom stereocenters. The third-order valence-electron chi connectivity index (χ3n) is 5.41. The van der Waals surface area contributed by atoms with Gasteiger partial charge in [-0.1, -0.05) is 13.8 Å². The molecule has 0 radical (unpaired) electrons. The molecule has 12 nitrogen and oxygen atoms in total. The van der Waals surface area contributed by atoms with Gasteiger partial charge in [0.25, 0.3) is 5.91 Å². The summed E-state index contributed by atoms with van der Waals surface area (Å²) in [5.41, 5.74) is 0.130. The minimum Gasteiger partial charge on any atom is -0.492 e. The first-order chi connectivity index (χ1) is 17.3. The molecule has 0 bridgehead atoms. The molecule has 1 aliphatic rings. The van der Waals surface area contributed by atoms with Crippen LogP contribution in [0, 0.1) is 5.92 Å². The Morgan fingerprint density at radius 1 is 1.03 bits per heavy atom. The average Bonchev–Trinajstić information content (AvgIpc) is 2.85. The lowest BCUT2D eigenvalue weighted by molar-refractivity contribution is 0.0593. The second-order valence-electron chi connectivity index (χ2n) is 9.05. The van der Waals surface area contributed by atoms with Crippen LogP contribution >= 0.6 is 0 Å².